The van der Waals surface area contributed by atoms with Gasteiger partial charge in [-0.1, -0.05) is 33.1 Å². The molecule has 0 aromatic carbocycles. The Morgan fingerprint density at radius 1 is 1.32 bits per heavy atom. The summed E-state index contributed by atoms with van der Waals surface area (Å²) in [5, 5.41) is -3.26. The fourth-order valence-corrected chi connectivity index (χ4v) is 3.49. The van der Waals surface area contributed by atoms with Gasteiger partial charge in [-0.05, 0) is 12.8 Å². The van der Waals surface area contributed by atoms with E-state index in [-0.39, 0.29) is 6.04 Å². The molecule has 0 saturated heterocycles. The van der Waals surface area contributed by atoms with E-state index in [4.69, 9.17) is 4.55 Å². The van der Waals surface area contributed by atoms with Crippen molar-refractivity contribution in [2.75, 3.05) is 7.05 Å². The largest absolute Gasteiger partial charge is 0.339 e. The molecule has 1 atom stereocenters. The van der Waals surface area contributed by atoms with Crippen molar-refractivity contribution in [1.82, 2.24) is 4.90 Å². The summed E-state index contributed by atoms with van der Waals surface area (Å²) in [6, 6.07) is -0.156. The third-order valence-electron chi connectivity index (χ3n) is 3.85. The smallest absolute Gasteiger partial charge is 0.314 e. The lowest BCUT2D eigenvalue weighted by Crippen LogP contribution is -2.55. The van der Waals surface area contributed by atoms with E-state index in [1.165, 1.54) is 20.9 Å². The Bertz CT molecular complexity index is 431. The number of halogens is 1. The molecule has 1 aliphatic carbocycles. The van der Waals surface area contributed by atoms with Gasteiger partial charge in [0, 0.05) is 19.0 Å². The Morgan fingerprint density at radius 3 is 2.16 bits per heavy atom. The van der Waals surface area contributed by atoms with E-state index in [1.807, 2.05) is 0 Å². The Hall–Kier alpha value is -0.690. The first-order valence-electron chi connectivity index (χ1n) is 6.55. The third kappa shape index (κ3) is 3.08. The zero-order valence-corrected chi connectivity index (χ0v) is 12.4. The summed E-state index contributed by atoms with van der Waals surface area (Å²) < 4.78 is 46.2. The molecule has 5 nitrogen and oxygen atoms in total. The molecule has 1 rings (SSSR count). The van der Waals surface area contributed by atoms with Gasteiger partial charge in [0.25, 0.3) is 5.91 Å². The molecule has 0 radical (unpaired) electrons. The minimum atomic E-state index is -5.10. The Kier molecular flexibility index (Phi) is 4.95. The highest BCUT2D eigenvalue weighted by Crippen LogP contribution is 2.32. The number of amides is 1. The van der Waals surface area contributed by atoms with Crippen LogP contribution in [0.2, 0.25) is 0 Å². The predicted molar refractivity (Wildman–Crippen MR) is 69.9 cm³/mol. The molecule has 1 aliphatic rings. The lowest BCUT2D eigenvalue weighted by atomic mass is 9.93. The summed E-state index contributed by atoms with van der Waals surface area (Å²) in [5.74, 6) is -2.32. The van der Waals surface area contributed by atoms with E-state index in [0.717, 1.165) is 37.0 Å². The second-order valence-electron chi connectivity index (χ2n) is 5.48. The van der Waals surface area contributed by atoms with E-state index in [2.05, 4.69) is 0 Å². The van der Waals surface area contributed by atoms with E-state index in [1.54, 1.807) is 0 Å². The first-order chi connectivity index (χ1) is 8.62. The van der Waals surface area contributed by atoms with Crippen LogP contribution >= 0.6 is 0 Å². The van der Waals surface area contributed by atoms with Crippen LogP contribution in [0, 0.1) is 5.92 Å². The Morgan fingerprint density at radius 2 is 1.79 bits per heavy atom. The number of hydrogen-bond acceptors (Lipinski definition) is 3. The molecule has 1 saturated carbocycles. The van der Waals surface area contributed by atoms with Crippen molar-refractivity contribution in [3.8, 4) is 0 Å². The van der Waals surface area contributed by atoms with Crippen molar-refractivity contribution in [3.05, 3.63) is 0 Å². The molecule has 1 unspecified atom stereocenters. The Balaban J connectivity index is 3.01. The predicted octanol–water partition coefficient (Wildman–Crippen LogP) is 1.99. The molecule has 0 heterocycles. The van der Waals surface area contributed by atoms with Crippen molar-refractivity contribution >= 4 is 16.0 Å². The summed E-state index contributed by atoms with van der Waals surface area (Å²) in [4.78, 5) is 13.3. The van der Waals surface area contributed by atoms with E-state index >= 15 is 0 Å². The van der Waals surface area contributed by atoms with Crippen LogP contribution in [0.25, 0.3) is 0 Å². The monoisotopic (exact) mass is 295 g/mol. The number of hydrogen-bond donors (Lipinski definition) is 1. The highest BCUT2D eigenvalue weighted by Gasteiger charge is 2.55. The molecule has 1 N–H and O–H groups in total. The maximum absolute atomic E-state index is 14.6. The normalized spacial score (nSPS) is 21.2. The van der Waals surface area contributed by atoms with Gasteiger partial charge in [-0.25, -0.2) is 4.39 Å². The lowest BCUT2D eigenvalue weighted by molar-refractivity contribution is -0.142. The second kappa shape index (κ2) is 5.75. The van der Waals surface area contributed by atoms with Crippen LogP contribution in [0.1, 0.15) is 46.0 Å². The number of rotatable bonds is 4. The van der Waals surface area contributed by atoms with Crippen molar-refractivity contribution in [2.24, 2.45) is 5.92 Å². The van der Waals surface area contributed by atoms with Gasteiger partial charge in [-0.15, -0.1) is 0 Å². The van der Waals surface area contributed by atoms with Crippen LogP contribution in [0.5, 0.6) is 0 Å². The molecule has 1 amide bonds. The molecule has 1 fully saturated rings. The fraction of sp³-hybridized carbons (Fsp3) is 0.917. The number of carbonyl (C=O) groups is 1. The molecule has 0 bridgehead atoms. The molecule has 0 aromatic rings. The van der Waals surface area contributed by atoms with Crippen LogP contribution in [0.15, 0.2) is 0 Å². The number of carbonyl (C=O) groups excluding carboxylic acids is 1. The summed E-state index contributed by atoms with van der Waals surface area (Å²) in [6.07, 6.45) is 4.43. The molecule has 19 heavy (non-hydrogen) atoms. The average molecular weight is 295 g/mol. The molecule has 0 spiro atoms. The van der Waals surface area contributed by atoms with E-state index < -0.39 is 26.9 Å². The Labute approximate surface area is 113 Å². The zero-order chi connectivity index (χ0) is 14.8. The molecule has 0 aromatic heterocycles. The molecule has 7 heteroatoms. The number of alkyl halides is 1. The van der Waals surface area contributed by atoms with Crippen LogP contribution < -0.4 is 0 Å². The maximum Gasteiger partial charge on any atom is 0.314 e. The molecular weight excluding hydrogens is 273 g/mol. The fourth-order valence-electron chi connectivity index (χ4n) is 2.53. The first-order valence-corrected chi connectivity index (χ1v) is 7.99. The standard InChI is InChI=1S/C12H22FNO4S/c1-9(2)12(13,19(16,17)18)11(15)14(3)10-7-5-4-6-8-10/h9-10H,4-8H2,1-3H3,(H,16,17,18). The zero-order valence-electron chi connectivity index (χ0n) is 11.6. The highest BCUT2D eigenvalue weighted by molar-refractivity contribution is 7.87. The van der Waals surface area contributed by atoms with Crippen molar-refractivity contribution in [1.29, 1.82) is 0 Å². The minimum absolute atomic E-state index is 0.156. The molecular formula is C12H22FNO4S. The van der Waals surface area contributed by atoms with Gasteiger partial charge >= 0.3 is 15.1 Å². The van der Waals surface area contributed by atoms with Gasteiger partial charge < -0.3 is 4.90 Å². The number of nitrogens with zero attached hydrogens (tertiary/aromatic N) is 1. The SMILES string of the molecule is CC(C)C(F)(C(=O)N(C)C1CCCCC1)S(=O)(=O)O. The summed E-state index contributed by atoms with van der Waals surface area (Å²) in [6.45, 7) is 2.53. The summed E-state index contributed by atoms with van der Waals surface area (Å²) >= 11 is 0. The van der Waals surface area contributed by atoms with Crippen LogP contribution in [0.4, 0.5) is 4.39 Å². The third-order valence-corrected chi connectivity index (χ3v) is 5.25. The second-order valence-corrected chi connectivity index (χ2v) is 7.03. The maximum atomic E-state index is 14.6. The summed E-state index contributed by atoms with van der Waals surface area (Å²) in [5.41, 5.74) is 0. The molecule has 0 aliphatic heterocycles. The average Bonchev–Trinajstić information content (AvgIpc) is 2.35. The summed E-state index contributed by atoms with van der Waals surface area (Å²) in [7, 11) is -3.70. The van der Waals surface area contributed by atoms with Gasteiger partial charge in [0.1, 0.15) is 0 Å². The molecule has 112 valence electrons. The van der Waals surface area contributed by atoms with Crippen LogP contribution in [0.3, 0.4) is 0 Å². The quantitative estimate of drug-likeness (QED) is 0.805. The van der Waals surface area contributed by atoms with Crippen molar-refractivity contribution in [2.45, 2.75) is 57.0 Å². The first kappa shape index (κ1) is 16.4. The van der Waals surface area contributed by atoms with Crippen LogP contribution in [-0.4, -0.2) is 41.9 Å². The van der Waals surface area contributed by atoms with Gasteiger partial charge in [0.05, 0.1) is 0 Å². The lowest BCUT2D eigenvalue weighted by Gasteiger charge is -2.36. The van der Waals surface area contributed by atoms with Gasteiger partial charge in [-0.2, -0.15) is 8.42 Å². The van der Waals surface area contributed by atoms with Gasteiger partial charge in [0.2, 0.25) is 0 Å². The van der Waals surface area contributed by atoms with E-state index in [0.29, 0.717) is 0 Å². The van der Waals surface area contributed by atoms with Gasteiger partial charge in [-0.3, -0.25) is 9.35 Å². The van der Waals surface area contributed by atoms with Crippen molar-refractivity contribution < 1.29 is 22.2 Å². The van der Waals surface area contributed by atoms with E-state index in [9.17, 15) is 17.6 Å². The topological polar surface area (TPSA) is 74.7 Å². The highest BCUT2D eigenvalue weighted by atomic mass is 32.2. The van der Waals surface area contributed by atoms with Crippen molar-refractivity contribution in [3.63, 3.8) is 0 Å². The minimum Gasteiger partial charge on any atom is -0.339 e. The van der Waals surface area contributed by atoms with Crippen LogP contribution in [-0.2, 0) is 14.9 Å². The van der Waals surface area contributed by atoms with Gasteiger partial charge in [0.15, 0.2) is 0 Å².